The van der Waals surface area contributed by atoms with Gasteiger partial charge in [0.15, 0.2) is 0 Å². The van der Waals surface area contributed by atoms with Crippen LogP contribution in [-0.4, -0.2) is 42.0 Å². The van der Waals surface area contributed by atoms with Crippen molar-refractivity contribution in [3.8, 4) is 0 Å². The van der Waals surface area contributed by atoms with Gasteiger partial charge in [-0.2, -0.15) is 0 Å². The smallest absolute Gasteiger partial charge is 0.251 e. The first-order valence-corrected chi connectivity index (χ1v) is 12.3. The lowest BCUT2D eigenvalue weighted by Crippen LogP contribution is -2.36. The molecule has 0 aliphatic carbocycles. The van der Waals surface area contributed by atoms with E-state index in [0.29, 0.717) is 35.7 Å². The van der Waals surface area contributed by atoms with Gasteiger partial charge >= 0.3 is 0 Å². The van der Waals surface area contributed by atoms with Crippen molar-refractivity contribution < 1.29 is 19.5 Å². The number of allylic oxidation sites excluding steroid dienone is 2. The maximum atomic E-state index is 12.0. The van der Waals surface area contributed by atoms with E-state index < -0.39 is 5.41 Å². The normalized spacial score (nSPS) is 25.0. The van der Waals surface area contributed by atoms with E-state index in [1.165, 1.54) is 38.3 Å². The predicted octanol–water partition coefficient (Wildman–Crippen LogP) is 5.77. The van der Waals surface area contributed by atoms with E-state index >= 15 is 0 Å². The molecule has 2 aliphatic rings. The largest absolute Gasteiger partial charge is 0.377 e. The highest BCUT2D eigenvalue weighted by Crippen LogP contribution is 2.47. The Balaban J connectivity index is 1.35. The van der Waals surface area contributed by atoms with Crippen molar-refractivity contribution in [2.24, 2.45) is 17.3 Å². The zero-order chi connectivity index (χ0) is 23.0. The molecule has 1 amide bonds. The molecule has 0 unspecified atom stereocenters. The summed E-state index contributed by atoms with van der Waals surface area (Å²) in [6, 6.07) is 10.3. The van der Waals surface area contributed by atoms with Crippen LogP contribution in [0.5, 0.6) is 0 Å². The van der Waals surface area contributed by atoms with E-state index in [-0.39, 0.29) is 5.91 Å². The van der Waals surface area contributed by atoms with Crippen molar-refractivity contribution in [1.82, 2.24) is 5.06 Å². The number of nitrogens with zero attached hydrogens (tertiary/aromatic N) is 1. The number of carbonyl (C=O) groups excluding carboxylic acids is 1. The highest BCUT2D eigenvalue weighted by Gasteiger charge is 2.47. The molecule has 1 aromatic carbocycles. The molecule has 2 aliphatic heterocycles. The summed E-state index contributed by atoms with van der Waals surface area (Å²) in [5.74, 6) is 1.04. The van der Waals surface area contributed by atoms with Gasteiger partial charge in [0.05, 0.1) is 18.8 Å². The second-order valence-corrected chi connectivity index (χ2v) is 10.1. The molecular weight excluding hydrogens is 402 g/mol. The van der Waals surface area contributed by atoms with Gasteiger partial charge in [0.1, 0.15) is 0 Å². The molecule has 0 aromatic heterocycles. The number of benzene rings is 1. The predicted molar refractivity (Wildman–Crippen MR) is 126 cm³/mol. The molecule has 178 valence electrons. The third kappa shape index (κ3) is 6.90. The molecule has 4 atom stereocenters. The summed E-state index contributed by atoms with van der Waals surface area (Å²) in [5.41, 5.74) is 0.686. The zero-order valence-corrected chi connectivity index (χ0v) is 20.0. The van der Waals surface area contributed by atoms with Crippen LogP contribution in [-0.2, 0) is 20.9 Å². The standard InChI is InChI=1S/C27H41NO4/c1-27(2,26(29)28(3)30)18-10-5-8-14-22-23(25-17-16-24(22)32-25)15-9-11-19-31-20-21-12-6-4-7-13-21/h4-8,12-13,22-25,30H,9-11,14-20H2,1-3H3/t22-,23+,24-,25+/m0/s1. The van der Waals surface area contributed by atoms with E-state index in [1.807, 2.05) is 19.9 Å². The first-order valence-electron chi connectivity index (χ1n) is 12.3. The molecule has 0 saturated carbocycles. The van der Waals surface area contributed by atoms with Gasteiger partial charge in [0, 0.05) is 19.1 Å². The van der Waals surface area contributed by atoms with Gasteiger partial charge in [-0.25, -0.2) is 5.06 Å². The highest BCUT2D eigenvalue weighted by molar-refractivity contribution is 5.80. The van der Waals surface area contributed by atoms with Crippen LogP contribution in [0.25, 0.3) is 0 Å². The van der Waals surface area contributed by atoms with Crippen molar-refractivity contribution >= 4 is 5.91 Å². The van der Waals surface area contributed by atoms with Crippen molar-refractivity contribution in [3.05, 3.63) is 48.0 Å². The molecule has 2 fully saturated rings. The number of unbranched alkanes of at least 4 members (excludes halogenated alkanes) is 1. The van der Waals surface area contributed by atoms with Crippen LogP contribution in [0.1, 0.15) is 70.8 Å². The Morgan fingerprint density at radius 1 is 1.16 bits per heavy atom. The van der Waals surface area contributed by atoms with Crippen LogP contribution in [0.2, 0.25) is 0 Å². The fourth-order valence-corrected chi connectivity index (χ4v) is 5.31. The number of fused-ring (bicyclic) bond motifs is 2. The third-order valence-electron chi connectivity index (χ3n) is 7.16. The van der Waals surface area contributed by atoms with Crippen molar-refractivity contribution in [2.75, 3.05) is 13.7 Å². The van der Waals surface area contributed by atoms with Gasteiger partial charge in [0.2, 0.25) is 0 Å². The van der Waals surface area contributed by atoms with E-state index in [9.17, 15) is 10.0 Å². The fraction of sp³-hybridized carbons (Fsp3) is 0.667. The number of hydrogen-bond acceptors (Lipinski definition) is 4. The van der Waals surface area contributed by atoms with E-state index in [2.05, 4.69) is 36.4 Å². The lowest BCUT2D eigenvalue weighted by atomic mass is 9.75. The first kappa shape index (κ1) is 24.9. The Morgan fingerprint density at radius 3 is 2.59 bits per heavy atom. The summed E-state index contributed by atoms with van der Waals surface area (Å²) >= 11 is 0. The van der Waals surface area contributed by atoms with Crippen LogP contribution < -0.4 is 0 Å². The van der Waals surface area contributed by atoms with Gasteiger partial charge < -0.3 is 9.47 Å². The van der Waals surface area contributed by atoms with Crippen molar-refractivity contribution in [2.45, 2.75) is 84.0 Å². The number of ether oxygens (including phenoxy) is 2. The third-order valence-corrected chi connectivity index (χ3v) is 7.16. The zero-order valence-electron chi connectivity index (χ0n) is 20.0. The number of hydrogen-bond donors (Lipinski definition) is 1. The Morgan fingerprint density at radius 2 is 1.88 bits per heavy atom. The molecule has 2 saturated heterocycles. The van der Waals surface area contributed by atoms with E-state index in [1.54, 1.807) is 0 Å². The first-order chi connectivity index (χ1) is 15.4. The summed E-state index contributed by atoms with van der Waals surface area (Å²) in [7, 11) is 1.39. The quantitative estimate of drug-likeness (QED) is 0.182. The van der Waals surface area contributed by atoms with Crippen LogP contribution in [0.4, 0.5) is 0 Å². The SMILES string of the molecule is CN(O)C(=O)C(C)(C)CCC=CC[C@H]1[C@@H](CCCCOCc2ccccc2)[C@H]2CC[C@@H]1O2. The molecule has 1 aromatic rings. The minimum Gasteiger partial charge on any atom is -0.377 e. The van der Waals surface area contributed by atoms with E-state index in [0.717, 1.165) is 32.3 Å². The maximum Gasteiger partial charge on any atom is 0.251 e. The summed E-state index contributed by atoms with van der Waals surface area (Å²) in [6.45, 7) is 5.29. The van der Waals surface area contributed by atoms with Crippen LogP contribution >= 0.6 is 0 Å². The molecule has 0 spiro atoms. The number of amides is 1. The minimum atomic E-state index is -0.547. The second-order valence-electron chi connectivity index (χ2n) is 10.1. The fourth-order valence-electron chi connectivity index (χ4n) is 5.31. The van der Waals surface area contributed by atoms with Gasteiger partial charge in [-0.15, -0.1) is 0 Å². The van der Waals surface area contributed by atoms with Crippen LogP contribution in [0.15, 0.2) is 42.5 Å². The maximum absolute atomic E-state index is 12.0. The topological polar surface area (TPSA) is 59.0 Å². The Bertz CT molecular complexity index is 730. The molecule has 5 nitrogen and oxygen atoms in total. The number of hydroxylamine groups is 2. The summed E-state index contributed by atoms with van der Waals surface area (Å²) < 4.78 is 12.1. The van der Waals surface area contributed by atoms with Crippen molar-refractivity contribution in [3.63, 3.8) is 0 Å². The molecular formula is C27H41NO4. The molecule has 0 radical (unpaired) electrons. The molecule has 32 heavy (non-hydrogen) atoms. The molecule has 2 heterocycles. The number of carbonyl (C=O) groups is 1. The monoisotopic (exact) mass is 443 g/mol. The average molecular weight is 444 g/mol. The van der Waals surface area contributed by atoms with Gasteiger partial charge in [-0.05, 0) is 62.3 Å². The Hall–Kier alpha value is -1.69. The van der Waals surface area contributed by atoms with Crippen molar-refractivity contribution in [1.29, 1.82) is 0 Å². The van der Waals surface area contributed by atoms with Gasteiger partial charge in [-0.3, -0.25) is 10.0 Å². The second kappa shape index (κ2) is 12.0. The van der Waals surface area contributed by atoms with Crippen LogP contribution in [0, 0.1) is 17.3 Å². The lowest BCUT2D eigenvalue weighted by Gasteiger charge is -2.27. The molecule has 5 heteroatoms. The van der Waals surface area contributed by atoms with Crippen LogP contribution in [0.3, 0.4) is 0 Å². The highest BCUT2D eigenvalue weighted by atomic mass is 16.5. The summed E-state index contributed by atoms with van der Waals surface area (Å²) in [6.07, 6.45) is 13.9. The molecule has 3 rings (SSSR count). The molecule has 2 bridgehead atoms. The Kier molecular flexibility index (Phi) is 9.33. The Labute approximate surface area is 193 Å². The lowest BCUT2D eigenvalue weighted by molar-refractivity contribution is -0.169. The van der Waals surface area contributed by atoms with Gasteiger partial charge in [-0.1, -0.05) is 62.8 Å². The van der Waals surface area contributed by atoms with Gasteiger partial charge in [0.25, 0.3) is 5.91 Å². The number of rotatable bonds is 13. The minimum absolute atomic E-state index is 0.236. The summed E-state index contributed by atoms with van der Waals surface area (Å²) in [5, 5.41) is 10.1. The molecule has 1 N–H and O–H groups in total. The van der Waals surface area contributed by atoms with E-state index in [4.69, 9.17) is 9.47 Å². The average Bonchev–Trinajstić information content (AvgIpc) is 3.38. The summed E-state index contributed by atoms with van der Waals surface area (Å²) in [4.78, 5) is 12.0.